The predicted octanol–water partition coefficient (Wildman–Crippen LogP) is 3.28. The molecule has 0 atom stereocenters. The lowest BCUT2D eigenvalue weighted by molar-refractivity contribution is 0.257. The molecule has 90 valence electrons. The summed E-state index contributed by atoms with van der Waals surface area (Å²) in [5, 5.41) is 1.74. The number of halogens is 4. The van der Waals surface area contributed by atoms with Crippen molar-refractivity contribution in [2.45, 2.75) is 6.61 Å². The molecule has 0 saturated carbocycles. The first-order valence-corrected chi connectivity index (χ1v) is 5.32. The van der Waals surface area contributed by atoms with E-state index >= 15 is 0 Å². The minimum Gasteiger partial charge on any atom is -0.482 e. The summed E-state index contributed by atoms with van der Waals surface area (Å²) in [6, 6.07) is 3.37. The second-order valence-corrected chi connectivity index (χ2v) is 4.05. The summed E-state index contributed by atoms with van der Waals surface area (Å²) in [6.45, 7) is -0.172. The van der Waals surface area contributed by atoms with Crippen LogP contribution >= 0.6 is 11.3 Å². The molecule has 2 aromatic heterocycles. The molecule has 0 spiro atoms. The molecular formula is C10H5F4NOS. The van der Waals surface area contributed by atoms with Crippen molar-refractivity contribution in [2.24, 2.45) is 0 Å². The maximum Gasteiger partial charge on any atom is 0.255 e. The van der Waals surface area contributed by atoms with Crippen LogP contribution in [0.5, 0.6) is 5.75 Å². The molecule has 7 heteroatoms. The molecule has 0 aliphatic carbocycles. The van der Waals surface area contributed by atoms with E-state index in [-0.39, 0.29) is 6.61 Å². The van der Waals surface area contributed by atoms with Crippen LogP contribution in [-0.2, 0) is 6.61 Å². The van der Waals surface area contributed by atoms with Gasteiger partial charge in [-0.25, -0.2) is 0 Å². The Hall–Kier alpha value is -1.63. The number of rotatable bonds is 3. The third kappa shape index (κ3) is 2.38. The van der Waals surface area contributed by atoms with Crippen LogP contribution in [0.15, 0.2) is 17.5 Å². The van der Waals surface area contributed by atoms with Crippen LogP contribution in [0.2, 0.25) is 0 Å². The molecule has 0 fully saturated rings. The van der Waals surface area contributed by atoms with Crippen molar-refractivity contribution in [3.05, 3.63) is 45.9 Å². The summed E-state index contributed by atoms with van der Waals surface area (Å²) in [4.78, 5) is 3.09. The van der Waals surface area contributed by atoms with Crippen LogP contribution in [0.3, 0.4) is 0 Å². The number of thiophene rings is 1. The van der Waals surface area contributed by atoms with Crippen LogP contribution in [0.4, 0.5) is 17.6 Å². The van der Waals surface area contributed by atoms with Crippen molar-refractivity contribution in [1.82, 2.24) is 4.98 Å². The summed E-state index contributed by atoms with van der Waals surface area (Å²) in [5.74, 6) is -7.83. The molecule has 0 unspecified atom stereocenters. The fourth-order valence-electron chi connectivity index (χ4n) is 1.13. The van der Waals surface area contributed by atoms with Crippen LogP contribution in [0, 0.1) is 23.5 Å². The van der Waals surface area contributed by atoms with Crippen molar-refractivity contribution in [3.8, 4) is 5.75 Å². The van der Waals surface area contributed by atoms with Crippen molar-refractivity contribution < 1.29 is 22.3 Å². The zero-order valence-corrected chi connectivity index (χ0v) is 9.03. The normalized spacial score (nSPS) is 10.6. The van der Waals surface area contributed by atoms with Gasteiger partial charge in [0.1, 0.15) is 6.61 Å². The second-order valence-electron chi connectivity index (χ2n) is 3.02. The zero-order chi connectivity index (χ0) is 12.4. The highest BCUT2D eigenvalue weighted by molar-refractivity contribution is 7.09. The van der Waals surface area contributed by atoms with Crippen molar-refractivity contribution >= 4 is 11.3 Å². The van der Waals surface area contributed by atoms with Gasteiger partial charge in [-0.1, -0.05) is 6.07 Å². The Bertz CT molecular complexity index is 503. The number of hydrogen-bond acceptors (Lipinski definition) is 3. The molecular weight excluding hydrogens is 258 g/mol. The van der Waals surface area contributed by atoms with Gasteiger partial charge in [-0.3, -0.25) is 0 Å². The van der Waals surface area contributed by atoms with Gasteiger partial charge in [0.2, 0.25) is 17.4 Å². The Labute approximate surface area is 97.5 Å². The van der Waals surface area contributed by atoms with E-state index in [9.17, 15) is 17.6 Å². The summed E-state index contributed by atoms with van der Waals surface area (Å²) in [6.07, 6.45) is 0. The van der Waals surface area contributed by atoms with Gasteiger partial charge in [0.15, 0.2) is 0 Å². The lowest BCUT2D eigenvalue weighted by Gasteiger charge is -2.07. The van der Waals surface area contributed by atoms with Crippen molar-refractivity contribution in [2.75, 3.05) is 0 Å². The number of ether oxygens (including phenoxy) is 1. The highest BCUT2D eigenvalue weighted by Gasteiger charge is 2.22. The van der Waals surface area contributed by atoms with Gasteiger partial charge in [0.25, 0.3) is 11.9 Å². The Morgan fingerprint density at radius 3 is 2.29 bits per heavy atom. The molecule has 0 N–H and O–H groups in total. The van der Waals surface area contributed by atoms with Crippen molar-refractivity contribution in [1.29, 1.82) is 0 Å². The Morgan fingerprint density at radius 1 is 1.12 bits per heavy atom. The first kappa shape index (κ1) is 11.8. The van der Waals surface area contributed by atoms with E-state index in [4.69, 9.17) is 4.74 Å². The van der Waals surface area contributed by atoms with E-state index in [1.54, 1.807) is 17.5 Å². The summed E-state index contributed by atoms with van der Waals surface area (Å²) in [5.41, 5.74) is 0. The fraction of sp³-hybridized carbons (Fsp3) is 0.100. The van der Waals surface area contributed by atoms with E-state index in [2.05, 4.69) is 4.98 Å². The van der Waals surface area contributed by atoms with Gasteiger partial charge >= 0.3 is 0 Å². The van der Waals surface area contributed by atoms with E-state index in [1.165, 1.54) is 11.3 Å². The van der Waals surface area contributed by atoms with Gasteiger partial charge in [0.05, 0.1) is 0 Å². The highest BCUT2D eigenvalue weighted by atomic mass is 32.1. The van der Waals surface area contributed by atoms with E-state index < -0.39 is 29.3 Å². The Balaban J connectivity index is 2.26. The molecule has 0 aliphatic rings. The average Bonchev–Trinajstić information content (AvgIpc) is 2.79. The SMILES string of the molecule is Fc1nc(F)c(F)c(OCc2cccs2)c1F. The molecule has 2 nitrogen and oxygen atoms in total. The van der Waals surface area contributed by atoms with E-state index in [0.29, 0.717) is 4.88 Å². The standard InChI is InChI=1S/C10H5F4NOS/c11-6-8(7(12)10(14)15-9(6)13)16-4-5-2-1-3-17-5/h1-3H,4H2. The third-order valence-electron chi connectivity index (χ3n) is 1.90. The largest absolute Gasteiger partial charge is 0.482 e. The van der Waals surface area contributed by atoms with E-state index in [0.717, 1.165) is 0 Å². The number of hydrogen-bond donors (Lipinski definition) is 0. The van der Waals surface area contributed by atoms with Gasteiger partial charge < -0.3 is 4.74 Å². The molecule has 0 aliphatic heterocycles. The molecule has 2 rings (SSSR count). The maximum atomic E-state index is 13.1. The first-order chi connectivity index (χ1) is 8.09. The minimum atomic E-state index is -1.73. The van der Waals surface area contributed by atoms with E-state index in [1.807, 2.05) is 0 Å². The van der Waals surface area contributed by atoms with Gasteiger partial charge in [-0.05, 0) is 11.4 Å². The molecule has 2 aromatic rings. The first-order valence-electron chi connectivity index (χ1n) is 4.44. The Morgan fingerprint density at radius 2 is 1.76 bits per heavy atom. The smallest absolute Gasteiger partial charge is 0.255 e. The van der Waals surface area contributed by atoms with Crippen LogP contribution in [0.1, 0.15) is 4.88 Å². The van der Waals surface area contributed by atoms with Crippen molar-refractivity contribution in [3.63, 3.8) is 0 Å². The molecule has 0 bridgehead atoms. The zero-order valence-electron chi connectivity index (χ0n) is 8.21. The average molecular weight is 263 g/mol. The topological polar surface area (TPSA) is 22.1 Å². The van der Waals surface area contributed by atoms with Crippen LogP contribution < -0.4 is 4.74 Å². The lowest BCUT2D eigenvalue weighted by atomic mass is 10.4. The minimum absolute atomic E-state index is 0.172. The predicted molar refractivity (Wildman–Crippen MR) is 52.7 cm³/mol. The molecule has 0 aromatic carbocycles. The number of nitrogens with zero attached hydrogens (tertiary/aromatic N) is 1. The number of pyridine rings is 1. The molecule has 0 amide bonds. The molecule has 17 heavy (non-hydrogen) atoms. The van der Waals surface area contributed by atoms with Crippen LogP contribution in [0.25, 0.3) is 0 Å². The molecule has 2 heterocycles. The van der Waals surface area contributed by atoms with Crippen LogP contribution in [-0.4, -0.2) is 4.98 Å². The Kier molecular flexibility index (Phi) is 3.28. The summed E-state index contributed by atoms with van der Waals surface area (Å²) in [7, 11) is 0. The highest BCUT2D eigenvalue weighted by Crippen LogP contribution is 2.25. The quantitative estimate of drug-likeness (QED) is 0.626. The molecule has 0 radical (unpaired) electrons. The fourth-order valence-corrected chi connectivity index (χ4v) is 1.75. The van der Waals surface area contributed by atoms with Gasteiger partial charge in [-0.15, -0.1) is 11.3 Å². The second kappa shape index (κ2) is 4.70. The summed E-state index contributed by atoms with van der Waals surface area (Å²) < 4.78 is 56.4. The molecule has 0 saturated heterocycles. The van der Waals surface area contributed by atoms with Gasteiger partial charge in [0, 0.05) is 4.88 Å². The number of aromatic nitrogens is 1. The maximum absolute atomic E-state index is 13.1. The monoisotopic (exact) mass is 263 g/mol. The third-order valence-corrected chi connectivity index (χ3v) is 2.75. The van der Waals surface area contributed by atoms with Gasteiger partial charge in [-0.2, -0.15) is 22.5 Å². The lowest BCUT2D eigenvalue weighted by Crippen LogP contribution is -2.05. The summed E-state index contributed by atoms with van der Waals surface area (Å²) >= 11 is 1.29.